The molecule has 1 aromatic rings. The van der Waals surface area contributed by atoms with E-state index in [2.05, 4.69) is 26.7 Å². The first-order chi connectivity index (χ1) is 11.0. The zero-order chi connectivity index (χ0) is 16.4. The van der Waals surface area contributed by atoms with E-state index in [1.54, 1.807) is 0 Å². The van der Waals surface area contributed by atoms with Gasteiger partial charge in [0.2, 0.25) is 0 Å². The Kier molecular flexibility index (Phi) is 4.87. The average Bonchev–Trinajstić information content (AvgIpc) is 2.86. The molecule has 2 fully saturated rings. The van der Waals surface area contributed by atoms with Gasteiger partial charge in [-0.3, -0.25) is 4.90 Å². The van der Waals surface area contributed by atoms with E-state index >= 15 is 0 Å². The van der Waals surface area contributed by atoms with Gasteiger partial charge in [-0.15, -0.1) is 0 Å². The second-order valence-electron chi connectivity index (χ2n) is 6.56. The monoisotopic (exact) mass is 338 g/mol. The lowest BCUT2D eigenvalue weighted by Gasteiger charge is -2.36. The molecule has 3 heterocycles. The van der Waals surface area contributed by atoms with Crippen molar-refractivity contribution in [2.75, 3.05) is 43.4 Å². The number of anilines is 1. The van der Waals surface area contributed by atoms with Gasteiger partial charge in [-0.2, -0.15) is 0 Å². The maximum Gasteiger partial charge on any atom is 0.154 e. The summed E-state index contributed by atoms with van der Waals surface area (Å²) in [5.74, 6) is 2.26. The summed E-state index contributed by atoms with van der Waals surface area (Å²) in [7, 11) is -2.84. The van der Waals surface area contributed by atoms with Gasteiger partial charge in [-0.05, 0) is 19.8 Å². The van der Waals surface area contributed by atoms with Crippen LogP contribution in [-0.2, 0) is 16.3 Å². The fraction of sp³-hybridized carbons (Fsp3) is 0.750. The average molecular weight is 338 g/mol. The van der Waals surface area contributed by atoms with Crippen LogP contribution in [0.15, 0.2) is 6.07 Å². The van der Waals surface area contributed by atoms with Crippen LogP contribution in [0.2, 0.25) is 0 Å². The minimum atomic E-state index is -2.84. The Hall–Kier alpha value is -1.21. The van der Waals surface area contributed by atoms with Crippen LogP contribution in [0, 0.1) is 6.92 Å². The molecule has 0 spiro atoms. The molecular formula is C16H26N4O2S. The molecule has 0 saturated carbocycles. The molecule has 7 heteroatoms. The van der Waals surface area contributed by atoms with Crippen molar-refractivity contribution in [1.29, 1.82) is 0 Å². The van der Waals surface area contributed by atoms with Crippen molar-refractivity contribution in [2.24, 2.45) is 0 Å². The van der Waals surface area contributed by atoms with E-state index in [0.29, 0.717) is 12.3 Å². The highest BCUT2D eigenvalue weighted by Gasteiger charge is 2.33. The highest BCUT2D eigenvalue weighted by molar-refractivity contribution is 7.92. The molecule has 128 valence electrons. The van der Waals surface area contributed by atoms with Crippen LogP contribution in [-0.4, -0.2) is 67.0 Å². The Labute approximate surface area is 138 Å². The predicted octanol–water partition coefficient (Wildman–Crippen LogP) is 1.05. The van der Waals surface area contributed by atoms with Crippen molar-refractivity contribution in [1.82, 2.24) is 14.9 Å². The van der Waals surface area contributed by atoms with Gasteiger partial charge in [-0.1, -0.05) is 6.92 Å². The molecule has 2 saturated heterocycles. The largest absolute Gasteiger partial charge is 0.354 e. The van der Waals surface area contributed by atoms with Gasteiger partial charge in [-0.25, -0.2) is 18.4 Å². The maximum atomic E-state index is 12.0. The van der Waals surface area contributed by atoms with Crippen molar-refractivity contribution in [3.8, 4) is 0 Å². The van der Waals surface area contributed by atoms with Crippen molar-refractivity contribution in [2.45, 2.75) is 38.4 Å². The lowest BCUT2D eigenvalue weighted by atomic mass is 10.2. The first-order valence-corrected chi connectivity index (χ1v) is 10.2. The molecule has 23 heavy (non-hydrogen) atoms. The van der Waals surface area contributed by atoms with Gasteiger partial charge in [0, 0.05) is 50.9 Å². The van der Waals surface area contributed by atoms with Crippen molar-refractivity contribution < 1.29 is 8.42 Å². The Morgan fingerprint density at radius 2 is 1.96 bits per heavy atom. The topological polar surface area (TPSA) is 66.4 Å². The molecule has 0 amide bonds. The van der Waals surface area contributed by atoms with Crippen molar-refractivity contribution in [3.05, 3.63) is 17.6 Å². The molecule has 3 rings (SSSR count). The lowest BCUT2D eigenvalue weighted by Crippen LogP contribution is -2.49. The van der Waals surface area contributed by atoms with E-state index in [0.717, 1.165) is 62.8 Å². The summed E-state index contributed by atoms with van der Waals surface area (Å²) in [6, 6.07) is 2.04. The van der Waals surface area contributed by atoms with E-state index in [9.17, 15) is 8.42 Å². The quantitative estimate of drug-likeness (QED) is 0.817. The minimum Gasteiger partial charge on any atom is -0.354 e. The third kappa shape index (κ3) is 3.83. The fourth-order valence-corrected chi connectivity index (χ4v) is 5.31. The maximum absolute atomic E-state index is 12.0. The van der Waals surface area contributed by atoms with Gasteiger partial charge < -0.3 is 4.90 Å². The minimum absolute atomic E-state index is 0.151. The second kappa shape index (κ2) is 6.73. The van der Waals surface area contributed by atoms with Crippen LogP contribution in [0.3, 0.4) is 0 Å². The number of hydrogen-bond donors (Lipinski definition) is 0. The fourth-order valence-electron chi connectivity index (χ4n) is 3.44. The molecule has 1 atom stereocenters. The van der Waals surface area contributed by atoms with Crippen LogP contribution >= 0.6 is 0 Å². The molecule has 1 unspecified atom stereocenters. The SMILES string of the molecule is CCc1nc(C)cc(N2CCN(CC3CCCS3(=O)=O)CC2)n1. The summed E-state index contributed by atoms with van der Waals surface area (Å²) in [4.78, 5) is 13.6. The second-order valence-corrected chi connectivity index (χ2v) is 8.96. The number of aromatic nitrogens is 2. The van der Waals surface area contributed by atoms with E-state index < -0.39 is 9.84 Å². The zero-order valence-electron chi connectivity index (χ0n) is 14.0. The normalized spacial score (nSPS) is 25.0. The van der Waals surface area contributed by atoms with Crippen molar-refractivity contribution in [3.63, 3.8) is 0 Å². The number of sulfone groups is 1. The molecule has 0 radical (unpaired) electrons. The van der Waals surface area contributed by atoms with E-state index in [4.69, 9.17) is 0 Å². The summed E-state index contributed by atoms with van der Waals surface area (Å²) >= 11 is 0. The predicted molar refractivity (Wildman–Crippen MR) is 91.6 cm³/mol. The third-order valence-corrected chi connectivity index (χ3v) is 7.08. The van der Waals surface area contributed by atoms with Crippen LogP contribution in [0.4, 0.5) is 5.82 Å². The van der Waals surface area contributed by atoms with E-state index in [-0.39, 0.29) is 5.25 Å². The molecule has 0 bridgehead atoms. The molecule has 2 aliphatic rings. The van der Waals surface area contributed by atoms with E-state index in [1.807, 2.05) is 13.0 Å². The lowest BCUT2D eigenvalue weighted by molar-refractivity contribution is 0.255. The smallest absolute Gasteiger partial charge is 0.154 e. The van der Waals surface area contributed by atoms with Gasteiger partial charge in [0.1, 0.15) is 11.6 Å². The first kappa shape index (κ1) is 16.6. The summed E-state index contributed by atoms with van der Waals surface area (Å²) in [5.41, 5.74) is 1.01. The molecule has 0 N–H and O–H groups in total. The molecule has 0 aliphatic carbocycles. The number of hydrogen-bond acceptors (Lipinski definition) is 6. The number of piperazine rings is 1. The summed E-state index contributed by atoms with van der Waals surface area (Å²) in [6.45, 7) is 8.36. The van der Waals surface area contributed by atoms with Crippen LogP contribution in [0.25, 0.3) is 0 Å². The summed E-state index contributed by atoms with van der Waals surface area (Å²) in [6.07, 6.45) is 2.49. The molecule has 0 aromatic carbocycles. The van der Waals surface area contributed by atoms with Crippen LogP contribution < -0.4 is 4.90 Å². The Bertz CT molecular complexity index is 654. The molecule has 2 aliphatic heterocycles. The van der Waals surface area contributed by atoms with Gasteiger partial charge in [0.15, 0.2) is 9.84 Å². The first-order valence-electron chi connectivity index (χ1n) is 8.51. The standard InChI is InChI=1S/C16H26N4O2S/c1-3-15-17-13(2)11-16(18-15)20-8-6-19(7-9-20)12-14-5-4-10-23(14,21)22/h11,14H,3-10,12H2,1-2H3. The number of rotatable bonds is 4. The van der Waals surface area contributed by atoms with Crippen LogP contribution in [0.1, 0.15) is 31.3 Å². The Morgan fingerprint density at radius 3 is 2.57 bits per heavy atom. The highest BCUT2D eigenvalue weighted by atomic mass is 32.2. The third-order valence-electron chi connectivity index (χ3n) is 4.82. The summed E-state index contributed by atoms with van der Waals surface area (Å²) in [5, 5.41) is -0.151. The van der Waals surface area contributed by atoms with Gasteiger partial charge >= 0.3 is 0 Å². The number of aryl methyl sites for hydroxylation is 2. The van der Waals surface area contributed by atoms with Crippen LogP contribution in [0.5, 0.6) is 0 Å². The Balaban J connectivity index is 1.59. The zero-order valence-corrected chi connectivity index (χ0v) is 14.8. The number of nitrogens with zero attached hydrogens (tertiary/aromatic N) is 4. The molecule has 1 aromatic heterocycles. The molecular weight excluding hydrogens is 312 g/mol. The highest BCUT2D eigenvalue weighted by Crippen LogP contribution is 2.22. The Morgan fingerprint density at radius 1 is 1.22 bits per heavy atom. The van der Waals surface area contributed by atoms with Gasteiger partial charge in [0.05, 0.1) is 11.0 Å². The van der Waals surface area contributed by atoms with Gasteiger partial charge in [0.25, 0.3) is 0 Å². The molecule has 6 nitrogen and oxygen atoms in total. The van der Waals surface area contributed by atoms with Crippen molar-refractivity contribution >= 4 is 15.7 Å². The van der Waals surface area contributed by atoms with E-state index in [1.165, 1.54) is 0 Å². The summed E-state index contributed by atoms with van der Waals surface area (Å²) < 4.78 is 24.0.